The van der Waals surface area contributed by atoms with Crippen LogP contribution in [0.3, 0.4) is 0 Å². The molecular formula is C24H37IN4O3. The maximum atomic E-state index is 5.67. The number of hydrogen-bond donors (Lipinski definition) is 2. The summed E-state index contributed by atoms with van der Waals surface area (Å²) >= 11 is 0. The molecule has 1 fully saturated rings. The Bertz CT molecular complexity index is 824. The normalized spacial score (nSPS) is 15.7. The lowest BCUT2D eigenvalue weighted by Gasteiger charge is -2.38. The van der Waals surface area contributed by atoms with Gasteiger partial charge in [-0.1, -0.05) is 31.1 Å². The Morgan fingerprint density at radius 1 is 1.09 bits per heavy atom. The topological polar surface area (TPSA) is 80.9 Å². The standard InChI is InChI=1S/C24H36N4O3.HI/c1-5-21-20(22(6-2)31-28-21)16-26-23(25-4)27-17-24(12-14-29-15-13-24)18-8-10-19(11-9-18)30-7-3;/h8-11H,5-7,12-17H2,1-4H3,(H2,25,26,27);1H. The Labute approximate surface area is 208 Å². The zero-order chi connectivity index (χ0) is 22.1. The van der Waals surface area contributed by atoms with Gasteiger partial charge in [-0.25, -0.2) is 0 Å². The van der Waals surface area contributed by atoms with E-state index in [4.69, 9.17) is 14.0 Å². The van der Waals surface area contributed by atoms with Crippen LogP contribution in [0.15, 0.2) is 33.8 Å². The van der Waals surface area contributed by atoms with E-state index in [1.54, 1.807) is 7.05 Å². The summed E-state index contributed by atoms with van der Waals surface area (Å²) < 4.78 is 16.8. The molecule has 7 nitrogen and oxygen atoms in total. The number of aryl methyl sites for hydroxylation is 2. The van der Waals surface area contributed by atoms with Gasteiger partial charge in [-0.15, -0.1) is 24.0 Å². The average Bonchev–Trinajstić information content (AvgIpc) is 3.22. The van der Waals surface area contributed by atoms with Crippen LogP contribution >= 0.6 is 24.0 Å². The van der Waals surface area contributed by atoms with Crippen molar-refractivity contribution in [2.75, 3.05) is 33.4 Å². The Morgan fingerprint density at radius 2 is 1.81 bits per heavy atom. The number of nitrogens with zero attached hydrogens (tertiary/aromatic N) is 2. The first kappa shape index (κ1) is 26.4. The maximum Gasteiger partial charge on any atom is 0.191 e. The van der Waals surface area contributed by atoms with Gasteiger partial charge in [-0.05, 0) is 43.9 Å². The van der Waals surface area contributed by atoms with E-state index in [1.165, 1.54) is 5.56 Å². The molecule has 2 heterocycles. The van der Waals surface area contributed by atoms with Crippen molar-refractivity contribution in [2.45, 2.75) is 58.4 Å². The molecule has 0 unspecified atom stereocenters. The van der Waals surface area contributed by atoms with Crippen molar-refractivity contribution in [3.8, 4) is 5.75 Å². The van der Waals surface area contributed by atoms with E-state index in [2.05, 4.69) is 58.9 Å². The lowest BCUT2D eigenvalue weighted by atomic mass is 9.74. The number of benzene rings is 1. The summed E-state index contributed by atoms with van der Waals surface area (Å²) in [6.45, 7) is 9.82. The zero-order valence-electron chi connectivity index (χ0n) is 19.7. The molecule has 2 N–H and O–H groups in total. The number of ether oxygens (including phenoxy) is 2. The van der Waals surface area contributed by atoms with Gasteiger partial charge in [0.05, 0.1) is 12.3 Å². The van der Waals surface area contributed by atoms with Crippen LogP contribution in [0.2, 0.25) is 0 Å². The van der Waals surface area contributed by atoms with Gasteiger partial charge >= 0.3 is 0 Å². The summed E-state index contributed by atoms with van der Waals surface area (Å²) in [5, 5.41) is 11.2. The molecule has 32 heavy (non-hydrogen) atoms. The molecule has 178 valence electrons. The first-order valence-electron chi connectivity index (χ1n) is 11.4. The summed E-state index contributed by atoms with van der Waals surface area (Å²) in [6.07, 6.45) is 3.62. The molecule has 1 aromatic heterocycles. The predicted molar refractivity (Wildman–Crippen MR) is 138 cm³/mol. The van der Waals surface area contributed by atoms with E-state index >= 15 is 0 Å². The van der Waals surface area contributed by atoms with Crippen molar-refractivity contribution in [3.63, 3.8) is 0 Å². The Morgan fingerprint density at radius 3 is 2.41 bits per heavy atom. The molecule has 1 aliphatic heterocycles. The minimum absolute atomic E-state index is 0. The van der Waals surface area contributed by atoms with Crippen molar-refractivity contribution in [2.24, 2.45) is 4.99 Å². The van der Waals surface area contributed by atoms with Crippen molar-refractivity contribution < 1.29 is 14.0 Å². The lowest BCUT2D eigenvalue weighted by Crippen LogP contribution is -2.48. The number of hydrogen-bond acceptors (Lipinski definition) is 5. The maximum absolute atomic E-state index is 5.67. The number of halogens is 1. The van der Waals surface area contributed by atoms with Crippen LogP contribution in [0.5, 0.6) is 5.75 Å². The van der Waals surface area contributed by atoms with Crippen LogP contribution < -0.4 is 15.4 Å². The minimum Gasteiger partial charge on any atom is -0.494 e. The fourth-order valence-electron chi connectivity index (χ4n) is 4.18. The van der Waals surface area contributed by atoms with Gasteiger partial charge in [0.2, 0.25) is 0 Å². The van der Waals surface area contributed by atoms with Gasteiger partial charge in [0.25, 0.3) is 0 Å². The molecule has 1 saturated heterocycles. The second kappa shape index (κ2) is 13.0. The van der Waals surface area contributed by atoms with E-state index in [-0.39, 0.29) is 29.4 Å². The van der Waals surface area contributed by atoms with E-state index < -0.39 is 0 Å². The van der Waals surface area contributed by atoms with Gasteiger partial charge in [0.1, 0.15) is 11.5 Å². The van der Waals surface area contributed by atoms with Crippen molar-refractivity contribution >= 4 is 29.9 Å². The van der Waals surface area contributed by atoms with Gasteiger partial charge < -0.3 is 24.6 Å². The van der Waals surface area contributed by atoms with E-state index in [0.717, 1.165) is 74.2 Å². The molecule has 3 rings (SSSR count). The van der Waals surface area contributed by atoms with Crippen LogP contribution in [0.1, 0.15) is 56.2 Å². The molecular weight excluding hydrogens is 519 g/mol. The Kier molecular flexibility index (Phi) is 10.8. The highest BCUT2D eigenvalue weighted by Gasteiger charge is 2.34. The number of aromatic nitrogens is 1. The summed E-state index contributed by atoms with van der Waals surface area (Å²) in [5.41, 5.74) is 3.46. The third-order valence-electron chi connectivity index (χ3n) is 6.09. The number of aliphatic imine (C=N–C) groups is 1. The zero-order valence-corrected chi connectivity index (χ0v) is 22.0. The molecule has 0 saturated carbocycles. The minimum atomic E-state index is 0. The second-order valence-corrected chi connectivity index (χ2v) is 7.87. The Hall–Kier alpha value is -1.81. The SMILES string of the molecule is CCOc1ccc(C2(CNC(=NC)NCc3c(CC)noc3CC)CCOCC2)cc1.I. The van der Waals surface area contributed by atoms with Crippen molar-refractivity contribution in [1.82, 2.24) is 15.8 Å². The number of guanidine groups is 1. The fourth-order valence-corrected chi connectivity index (χ4v) is 4.18. The van der Waals surface area contributed by atoms with Crippen LogP contribution in [0, 0.1) is 0 Å². The molecule has 1 aromatic carbocycles. The largest absolute Gasteiger partial charge is 0.494 e. The highest BCUT2D eigenvalue weighted by Crippen LogP contribution is 2.35. The van der Waals surface area contributed by atoms with Crippen LogP contribution in [-0.2, 0) is 29.5 Å². The molecule has 0 bridgehead atoms. The van der Waals surface area contributed by atoms with Crippen LogP contribution in [0.25, 0.3) is 0 Å². The summed E-state index contributed by atoms with van der Waals surface area (Å²) in [5.74, 6) is 2.63. The highest BCUT2D eigenvalue weighted by molar-refractivity contribution is 14.0. The molecule has 8 heteroatoms. The van der Waals surface area contributed by atoms with Crippen LogP contribution in [-0.4, -0.2) is 44.5 Å². The third-order valence-corrected chi connectivity index (χ3v) is 6.09. The summed E-state index contributed by atoms with van der Waals surface area (Å²) in [7, 11) is 1.80. The molecule has 1 aliphatic rings. The summed E-state index contributed by atoms with van der Waals surface area (Å²) in [4.78, 5) is 4.44. The smallest absolute Gasteiger partial charge is 0.191 e. The van der Waals surface area contributed by atoms with Crippen LogP contribution in [0.4, 0.5) is 0 Å². The van der Waals surface area contributed by atoms with Crippen molar-refractivity contribution in [3.05, 3.63) is 46.8 Å². The second-order valence-electron chi connectivity index (χ2n) is 7.87. The number of nitrogens with one attached hydrogen (secondary N) is 2. The molecule has 0 atom stereocenters. The molecule has 0 amide bonds. The molecule has 0 spiro atoms. The number of rotatable bonds is 9. The van der Waals surface area contributed by atoms with E-state index in [0.29, 0.717) is 13.2 Å². The molecule has 0 aliphatic carbocycles. The first-order chi connectivity index (χ1) is 15.2. The quantitative estimate of drug-likeness (QED) is 0.274. The molecule has 2 aromatic rings. The van der Waals surface area contributed by atoms with E-state index in [9.17, 15) is 0 Å². The van der Waals surface area contributed by atoms with E-state index in [1.807, 2.05) is 6.92 Å². The van der Waals surface area contributed by atoms with Crippen molar-refractivity contribution in [1.29, 1.82) is 0 Å². The van der Waals surface area contributed by atoms with Gasteiger partial charge in [-0.3, -0.25) is 4.99 Å². The molecule has 0 radical (unpaired) electrons. The van der Waals surface area contributed by atoms with Gasteiger partial charge in [-0.2, -0.15) is 0 Å². The lowest BCUT2D eigenvalue weighted by molar-refractivity contribution is 0.0513. The fraction of sp³-hybridized carbons (Fsp3) is 0.583. The predicted octanol–water partition coefficient (Wildman–Crippen LogP) is 4.23. The average molecular weight is 556 g/mol. The third kappa shape index (κ3) is 6.37. The monoisotopic (exact) mass is 556 g/mol. The van der Waals surface area contributed by atoms with Gasteiger partial charge in [0.15, 0.2) is 5.96 Å². The summed E-state index contributed by atoms with van der Waals surface area (Å²) in [6, 6.07) is 8.50. The van der Waals surface area contributed by atoms with Gasteiger partial charge in [0, 0.05) is 50.8 Å². The Balaban J connectivity index is 0.00000363. The highest BCUT2D eigenvalue weighted by atomic mass is 127. The first-order valence-corrected chi connectivity index (χ1v) is 11.4.